The van der Waals surface area contributed by atoms with Gasteiger partial charge in [-0.05, 0) is 96.4 Å². The van der Waals surface area contributed by atoms with Crippen LogP contribution in [0, 0.1) is 0 Å². The zero-order valence-corrected chi connectivity index (χ0v) is 33.6. The smallest absolute Gasteiger partial charge is 0.160 e. The average Bonchev–Trinajstić information content (AvgIpc) is 3.63. The van der Waals surface area contributed by atoms with Crippen LogP contribution < -0.4 is 4.90 Å². The quantitative estimate of drug-likeness (QED) is 0.169. The Morgan fingerprint density at radius 3 is 1.59 bits per heavy atom. The van der Waals surface area contributed by atoms with Crippen LogP contribution in [0.25, 0.3) is 72.5 Å². The topological polar surface area (TPSA) is 34.0 Å². The summed E-state index contributed by atoms with van der Waals surface area (Å²) >= 11 is 0. The summed E-state index contributed by atoms with van der Waals surface area (Å²) < 4.78 is 2.42. The SMILES string of the molecule is CS1(C)c2ccccc2N(c2cccc(-n3c4ccccc4c4cc(-c5cccc(-c6nc(-c7ccccc7)cc(-c7ccccc7)n6)c5)ccc43)c2)c2ccccc21. The van der Waals surface area contributed by atoms with E-state index in [1.54, 1.807) is 0 Å². The number of hydrogen-bond donors (Lipinski definition) is 0. The first kappa shape index (κ1) is 35.0. The van der Waals surface area contributed by atoms with Crippen molar-refractivity contribution in [1.29, 1.82) is 0 Å². The molecule has 10 aromatic rings. The molecular weight excluding hydrogens is 737 g/mol. The molecule has 0 aliphatic carbocycles. The third-order valence-corrected chi connectivity index (χ3v) is 14.5. The monoisotopic (exact) mass is 776 g/mol. The van der Waals surface area contributed by atoms with Gasteiger partial charge in [-0.2, -0.15) is 10.0 Å². The summed E-state index contributed by atoms with van der Waals surface area (Å²) in [5.41, 5.74) is 14.3. The van der Waals surface area contributed by atoms with Crippen LogP contribution in [0.4, 0.5) is 17.1 Å². The van der Waals surface area contributed by atoms with Gasteiger partial charge in [0.05, 0.1) is 33.8 Å². The third-order valence-electron chi connectivity index (χ3n) is 11.6. The fourth-order valence-corrected chi connectivity index (χ4v) is 11.2. The van der Waals surface area contributed by atoms with E-state index in [2.05, 4.69) is 216 Å². The number of nitrogens with zero attached hydrogens (tertiary/aromatic N) is 4. The van der Waals surface area contributed by atoms with E-state index in [9.17, 15) is 0 Å². The zero-order chi connectivity index (χ0) is 39.5. The summed E-state index contributed by atoms with van der Waals surface area (Å²) in [4.78, 5) is 15.5. The first-order valence-corrected chi connectivity index (χ1v) is 22.4. The van der Waals surface area contributed by atoms with Crippen molar-refractivity contribution in [2.24, 2.45) is 0 Å². The van der Waals surface area contributed by atoms with Gasteiger partial charge in [0.25, 0.3) is 0 Å². The summed E-state index contributed by atoms with van der Waals surface area (Å²) in [5.74, 6) is 0.702. The Morgan fingerprint density at radius 1 is 0.373 bits per heavy atom. The number of fused-ring (bicyclic) bond motifs is 5. The number of anilines is 3. The van der Waals surface area contributed by atoms with Crippen molar-refractivity contribution in [3.8, 4) is 50.7 Å². The highest BCUT2D eigenvalue weighted by atomic mass is 32.3. The van der Waals surface area contributed by atoms with Crippen molar-refractivity contribution >= 4 is 48.9 Å². The van der Waals surface area contributed by atoms with Gasteiger partial charge in [0, 0.05) is 48.6 Å². The summed E-state index contributed by atoms with van der Waals surface area (Å²) in [7, 11) is -1.18. The lowest BCUT2D eigenvalue weighted by Gasteiger charge is -2.45. The number of aromatic nitrogens is 3. The molecule has 1 aliphatic heterocycles. The van der Waals surface area contributed by atoms with Crippen LogP contribution in [-0.4, -0.2) is 27.0 Å². The number of benzene rings is 8. The Labute approximate surface area is 346 Å². The summed E-state index contributed by atoms with van der Waals surface area (Å²) in [6, 6.07) is 73.9. The maximum atomic E-state index is 5.12. The van der Waals surface area contributed by atoms with Crippen LogP contribution in [0.1, 0.15) is 0 Å². The van der Waals surface area contributed by atoms with Crippen molar-refractivity contribution in [2.75, 3.05) is 17.4 Å². The van der Waals surface area contributed by atoms with Crippen molar-refractivity contribution in [3.05, 3.63) is 206 Å². The van der Waals surface area contributed by atoms with Crippen molar-refractivity contribution in [1.82, 2.24) is 14.5 Å². The van der Waals surface area contributed by atoms with E-state index in [4.69, 9.17) is 9.97 Å². The molecule has 0 saturated carbocycles. The minimum Gasteiger partial charge on any atom is -0.309 e. The van der Waals surface area contributed by atoms with E-state index in [-0.39, 0.29) is 0 Å². The molecule has 0 spiro atoms. The number of hydrogen-bond acceptors (Lipinski definition) is 3. The lowest BCUT2D eigenvalue weighted by molar-refractivity contribution is 1.13. The predicted molar refractivity (Wildman–Crippen MR) is 249 cm³/mol. The van der Waals surface area contributed by atoms with E-state index < -0.39 is 10.0 Å². The average molecular weight is 777 g/mol. The maximum absolute atomic E-state index is 5.12. The molecule has 2 aromatic heterocycles. The third kappa shape index (κ3) is 5.93. The molecule has 0 N–H and O–H groups in total. The summed E-state index contributed by atoms with van der Waals surface area (Å²) in [5, 5.41) is 2.43. The Hall–Kier alpha value is -7.21. The minimum absolute atomic E-state index is 0.702. The van der Waals surface area contributed by atoms with Crippen LogP contribution in [0.2, 0.25) is 0 Å². The molecule has 59 heavy (non-hydrogen) atoms. The highest BCUT2D eigenvalue weighted by Crippen LogP contribution is 2.67. The van der Waals surface area contributed by atoms with Gasteiger partial charge in [-0.1, -0.05) is 133 Å². The van der Waals surface area contributed by atoms with Crippen LogP contribution >= 0.6 is 10.0 Å². The van der Waals surface area contributed by atoms with Gasteiger partial charge in [-0.15, -0.1) is 0 Å². The molecule has 0 fully saturated rings. The molecule has 3 heterocycles. The molecule has 282 valence electrons. The maximum Gasteiger partial charge on any atom is 0.160 e. The van der Waals surface area contributed by atoms with E-state index in [0.717, 1.165) is 50.6 Å². The molecule has 11 rings (SSSR count). The molecule has 1 aliphatic rings. The van der Waals surface area contributed by atoms with Crippen molar-refractivity contribution in [2.45, 2.75) is 9.79 Å². The van der Waals surface area contributed by atoms with Crippen molar-refractivity contribution in [3.63, 3.8) is 0 Å². The molecule has 4 nitrogen and oxygen atoms in total. The minimum atomic E-state index is -1.18. The molecule has 0 atom stereocenters. The Kier molecular flexibility index (Phi) is 8.31. The lowest BCUT2D eigenvalue weighted by Crippen LogP contribution is -2.20. The largest absolute Gasteiger partial charge is 0.309 e. The Morgan fingerprint density at radius 2 is 0.898 bits per heavy atom. The predicted octanol–water partition coefficient (Wildman–Crippen LogP) is 14.5. The van der Waals surface area contributed by atoms with Gasteiger partial charge < -0.3 is 9.47 Å². The molecule has 0 unspecified atom stereocenters. The molecule has 0 radical (unpaired) electrons. The Balaban J connectivity index is 1.02. The van der Waals surface area contributed by atoms with E-state index >= 15 is 0 Å². The van der Waals surface area contributed by atoms with Crippen LogP contribution in [0.15, 0.2) is 216 Å². The van der Waals surface area contributed by atoms with Gasteiger partial charge >= 0.3 is 0 Å². The summed E-state index contributed by atoms with van der Waals surface area (Å²) in [6.45, 7) is 0. The van der Waals surface area contributed by atoms with Gasteiger partial charge in [0.1, 0.15) is 0 Å². The second-order valence-corrected chi connectivity index (χ2v) is 19.0. The number of para-hydroxylation sites is 3. The Bertz CT molecular complexity index is 3100. The van der Waals surface area contributed by atoms with Gasteiger partial charge in [0.2, 0.25) is 0 Å². The van der Waals surface area contributed by atoms with Crippen LogP contribution in [0.3, 0.4) is 0 Å². The highest BCUT2D eigenvalue weighted by molar-refractivity contribution is 8.33. The van der Waals surface area contributed by atoms with Gasteiger partial charge in [-0.25, -0.2) is 9.97 Å². The van der Waals surface area contributed by atoms with E-state index in [1.807, 2.05) is 12.1 Å². The first-order valence-electron chi connectivity index (χ1n) is 20.0. The van der Waals surface area contributed by atoms with Gasteiger partial charge in [-0.3, -0.25) is 0 Å². The zero-order valence-electron chi connectivity index (χ0n) is 32.8. The standard InChI is InChI=1S/C54H40N4S/c1-59(2)52-29-13-11-27-50(52)58(51-28-12-14-30-53(51)59)43-24-16-23-42(35-43)57-48-26-10-9-25-44(48)45-34-40(31-32-49(45)57)39-21-15-22-41(33-39)54-55-46(37-17-5-3-6-18-37)36-47(56-54)38-19-7-4-8-20-38/h3-36H,1-2H3. The second kappa shape index (κ2) is 14.0. The fraction of sp³-hybridized carbons (Fsp3) is 0.0370. The molecule has 0 amide bonds. The normalized spacial score (nSPS) is 13.6. The lowest BCUT2D eigenvalue weighted by atomic mass is 10.00. The van der Waals surface area contributed by atoms with E-state index in [0.29, 0.717) is 5.82 Å². The number of rotatable bonds is 6. The molecule has 8 aromatic carbocycles. The van der Waals surface area contributed by atoms with Crippen LogP contribution in [0.5, 0.6) is 0 Å². The summed E-state index contributed by atoms with van der Waals surface area (Å²) in [6.07, 6.45) is 4.83. The molecule has 0 saturated heterocycles. The van der Waals surface area contributed by atoms with Gasteiger partial charge in [0.15, 0.2) is 5.82 Å². The van der Waals surface area contributed by atoms with Crippen LogP contribution in [-0.2, 0) is 0 Å². The second-order valence-electron chi connectivity index (χ2n) is 15.5. The first-order chi connectivity index (χ1) is 29.0. The highest BCUT2D eigenvalue weighted by Gasteiger charge is 2.33. The molecule has 0 bridgehead atoms. The molecular formula is C54H40N4S. The van der Waals surface area contributed by atoms with E-state index in [1.165, 1.54) is 43.0 Å². The van der Waals surface area contributed by atoms with Crippen molar-refractivity contribution < 1.29 is 0 Å². The molecule has 5 heteroatoms. The fourth-order valence-electron chi connectivity index (χ4n) is 8.80.